The Morgan fingerprint density at radius 1 is 0.767 bits per heavy atom. The van der Waals surface area contributed by atoms with Crippen molar-refractivity contribution in [1.29, 1.82) is 0 Å². The first-order chi connectivity index (χ1) is 20.9. The van der Waals surface area contributed by atoms with Gasteiger partial charge in [-0.2, -0.15) is 0 Å². The van der Waals surface area contributed by atoms with Gasteiger partial charge in [-0.1, -0.05) is 109 Å². The molecule has 1 N–H and O–H groups in total. The van der Waals surface area contributed by atoms with Gasteiger partial charge in [0.05, 0.1) is 6.57 Å². The van der Waals surface area contributed by atoms with Crippen molar-refractivity contribution >= 4 is 17.7 Å². The minimum absolute atomic E-state index is 0.00140. The van der Waals surface area contributed by atoms with Crippen molar-refractivity contribution in [1.82, 2.24) is 0 Å². The molecule has 0 heterocycles. The SMILES string of the molecule is [C-]#[N+]C(=Cc1ccc(-c2ccc3c(c2)C(CCCC)(CCCC)c2cc(N(CCCC)CCCC)ccc2-3)cc1)C(=O)O. The van der Waals surface area contributed by atoms with Crippen LogP contribution in [0.15, 0.2) is 66.4 Å². The number of aliphatic carboxylic acids is 1. The fourth-order valence-electron chi connectivity index (χ4n) is 6.62. The van der Waals surface area contributed by atoms with Gasteiger partial charge in [0.15, 0.2) is 0 Å². The maximum absolute atomic E-state index is 11.3. The number of hydrogen-bond donors (Lipinski definition) is 1. The summed E-state index contributed by atoms with van der Waals surface area (Å²) >= 11 is 0. The Morgan fingerprint density at radius 3 is 1.84 bits per heavy atom. The van der Waals surface area contributed by atoms with Crippen LogP contribution in [0.25, 0.3) is 33.2 Å². The van der Waals surface area contributed by atoms with Crippen LogP contribution in [-0.2, 0) is 10.2 Å². The van der Waals surface area contributed by atoms with Crippen molar-refractivity contribution < 1.29 is 9.90 Å². The Kier molecular flexibility index (Phi) is 11.2. The number of fused-ring (bicyclic) bond motifs is 3. The van der Waals surface area contributed by atoms with Gasteiger partial charge in [-0.25, -0.2) is 4.85 Å². The molecule has 0 unspecified atom stereocenters. The van der Waals surface area contributed by atoms with Crippen LogP contribution in [0.4, 0.5) is 5.69 Å². The van der Waals surface area contributed by atoms with E-state index in [-0.39, 0.29) is 11.1 Å². The van der Waals surface area contributed by atoms with Gasteiger partial charge in [0, 0.05) is 24.2 Å². The number of carboxylic acids is 1. The zero-order valence-electron chi connectivity index (χ0n) is 26.6. The Hall–Kier alpha value is -3.84. The number of benzene rings is 3. The van der Waals surface area contributed by atoms with Gasteiger partial charge in [-0.15, -0.1) is 0 Å². The van der Waals surface area contributed by atoms with E-state index in [1.54, 1.807) is 0 Å². The summed E-state index contributed by atoms with van der Waals surface area (Å²) in [6.07, 6.45) is 13.3. The summed E-state index contributed by atoms with van der Waals surface area (Å²) < 4.78 is 0. The topological polar surface area (TPSA) is 44.9 Å². The average Bonchev–Trinajstić information content (AvgIpc) is 3.30. The van der Waals surface area contributed by atoms with Gasteiger partial charge in [0.2, 0.25) is 0 Å². The minimum atomic E-state index is -1.20. The van der Waals surface area contributed by atoms with E-state index in [9.17, 15) is 9.90 Å². The van der Waals surface area contributed by atoms with Crippen LogP contribution in [0.3, 0.4) is 0 Å². The summed E-state index contributed by atoms with van der Waals surface area (Å²) in [6, 6.07) is 22.2. The van der Waals surface area contributed by atoms with Gasteiger partial charge in [0.1, 0.15) is 0 Å². The van der Waals surface area contributed by atoms with E-state index in [1.165, 1.54) is 90.9 Å². The molecule has 4 heteroatoms. The third-order valence-corrected chi connectivity index (χ3v) is 9.07. The molecule has 0 bridgehead atoms. The highest BCUT2D eigenvalue weighted by Gasteiger charge is 2.42. The average molecular weight is 577 g/mol. The van der Waals surface area contributed by atoms with Crippen molar-refractivity contribution in [2.75, 3.05) is 18.0 Å². The third-order valence-electron chi connectivity index (χ3n) is 9.07. The van der Waals surface area contributed by atoms with Gasteiger partial charge in [-0.05, 0) is 88.9 Å². The van der Waals surface area contributed by atoms with Crippen LogP contribution in [-0.4, -0.2) is 24.2 Å². The molecule has 4 nitrogen and oxygen atoms in total. The monoisotopic (exact) mass is 576 g/mol. The van der Waals surface area contributed by atoms with E-state index < -0.39 is 5.97 Å². The zero-order chi connectivity index (χ0) is 30.8. The quantitative estimate of drug-likeness (QED) is 0.136. The Morgan fingerprint density at radius 2 is 1.30 bits per heavy atom. The van der Waals surface area contributed by atoms with E-state index in [2.05, 4.69) is 73.8 Å². The smallest absolute Gasteiger partial charge is 0.333 e. The maximum Gasteiger partial charge on any atom is 0.333 e. The van der Waals surface area contributed by atoms with Crippen LogP contribution in [0.1, 0.15) is 109 Å². The molecule has 1 aliphatic carbocycles. The van der Waals surface area contributed by atoms with Crippen molar-refractivity contribution in [3.8, 4) is 22.3 Å². The summed E-state index contributed by atoms with van der Waals surface area (Å²) in [5.74, 6) is -1.20. The van der Waals surface area contributed by atoms with Gasteiger partial charge < -0.3 is 10.0 Å². The summed E-state index contributed by atoms with van der Waals surface area (Å²) in [7, 11) is 0. The molecular weight excluding hydrogens is 528 g/mol. The van der Waals surface area contributed by atoms with Gasteiger partial charge >= 0.3 is 5.97 Å². The molecule has 0 radical (unpaired) electrons. The zero-order valence-corrected chi connectivity index (χ0v) is 26.6. The Bertz CT molecular complexity index is 1450. The van der Waals surface area contributed by atoms with E-state index in [4.69, 9.17) is 6.57 Å². The predicted octanol–water partition coefficient (Wildman–Crippen LogP) is 10.8. The molecule has 3 aromatic rings. The molecule has 1 aliphatic rings. The Labute approximate surface area is 259 Å². The normalized spacial score (nSPS) is 13.3. The fourth-order valence-corrected chi connectivity index (χ4v) is 6.62. The van der Waals surface area contributed by atoms with E-state index >= 15 is 0 Å². The molecule has 0 atom stereocenters. The minimum Gasteiger partial charge on any atom is -0.486 e. The Balaban J connectivity index is 1.81. The number of carbonyl (C=O) groups is 1. The number of anilines is 1. The summed E-state index contributed by atoms with van der Waals surface area (Å²) in [4.78, 5) is 17.1. The van der Waals surface area contributed by atoms with Gasteiger partial charge in [-0.3, -0.25) is 4.79 Å². The summed E-state index contributed by atoms with van der Waals surface area (Å²) in [5, 5.41) is 9.24. The van der Waals surface area contributed by atoms with Crippen molar-refractivity contribution in [3.63, 3.8) is 0 Å². The second-order valence-electron chi connectivity index (χ2n) is 12.0. The lowest BCUT2D eigenvalue weighted by Crippen LogP contribution is -2.28. The van der Waals surface area contributed by atoms with Crippen LogP contribution < -0.4 is 4.90 Å². The summed E-state index contributed by atoms with van der Waals surface area (Å²) in [6.45, 7) is 18.5. The van der Waals surface area contributed by atoms with Crippen LogP contribution >= 0.6 is 0 Å². The molecule has 0 saturated carbocycles. The first-order valence-electron chi connectivity index (χ1n) is 16.4. The van der Waals surface area contributed by atoms with Crippen LogP contribution in [0.2, 0.25) is 0 Å². The highest BCUT2D eigenvalue weighted by molar-refractivity contribution is 5.94. The molecule has 0 aliphatic heterocycles. The highest BCUT2D eigenvalue weighted by atomic mass is 16.4. The maximum atomic E-state index is 11.3. The molecule has 226 valence electrons. The molecule has 0 aromatic heterocycles. The first kappa shape index (κ1) is 32.1. The lowest BCUT2D eigenvalue weighted by molar-refractivity contribution is -0.132. The number of carboxylic acid groups (broad SMARTS) is 1. The van der Waals surface area contributed by atoms with Crippen molar-refractivity contribution in [3.05, 3.63) is 94.5 Å². The van der Waals surface area contributed by atoms with E-state index in [0.717, 1.165) is 31.5 Å². The molecule has 43 heavy (non-hydrogen) atoms. The number of hydrogen-bond acceptors (Lipinski definition) is 2. The third kappa shape index (κ3) is 7.04. The molecule has 0 amide bonds. The number of rotatable bonds is 16. The first-order valence-corrected chi connectivity index (χ1v) is 16.4. The van der Waals surface area contributed by atoms with Crippen LogP contribution in [0, 0.1) is 6.57 Å². The summed E-state index contributed by atoms with van der Waals surface area (Å²) in [5.41, 5.74) is 9.82. The largest absolute Gasteiger partial charge is 0.486 e. The predicted molar refractivity (Wildman–Crippen MR) is 181 cm³/mol. The molecule has 0 spiro atoms. The second kappa shape index (κ2) is 15.1. The standard InChI is InChI=1S/C39H48N2O2/c1-6-10-22-39(23-11-7-2)35-27-31(30-16-14-29(15-17-30)26-37(40-5)38(42)43)18-20-33(35)34-21-19-32(28-36(34)39)41(24-12-8-3)25-13-9-4/h14-21,26-28H,6-13,22-25H2,1-4H3,(H,42,43). The van der Waals surface area contributed by atoms with Crippen molar-refractivity contribution in [2.24, 2.45) is 0 Å². The van der Waals surface area contributed by atoms with Gasteiger partial charge in [0.25, 0.3) is 5.70 Å². The lowest BCUT2D eigenvalue weighted by Gasteiger charge is -2.34. The molecule has 4 rings (SSSR count). The van der Waals surface area contributed by atoms with Crippen LogP contribution in [0.5, 0.6) is 0 Å². The molecule has 3 aromatic carbocycles. The highest BCUT2D eigenvalue weighted by Crippen LogP contribution is 2.55. The molecule has 0 fully saturated rings. The fraction of sp³-hybridized carbons (Fsp3) is 0.436. The van der Waals surface area contributed by atoms with Crippen molar-refractivity contribution in [2.45, 2.75) is 97.3 Å². The van der Waals surface area contributed by atoms with E-state index in [0.29, 0.717) is 5.56 Å². The lowest BCUT2D eigenvalue weighted by atomic mass is 9.70. The van der Waals surface area contributed by atoms with E-state index in [1.807, 2.05) is 24.3 Å². The molecular formula is C39H48N2O2. The number of nitrogens with zero attached hydrogens (tertiary/aromatic N) is 2. The number of unbranched alkanes of at least 4 members (excludes halogenated alkanes) is 4. The second-order valence-corrected chi connectivity index (χ2v) is 12.0. The molecule has 0 saturated heterocycles.